The van der Waals surface area contributed by atoms with E-state index in [1.54, 1.807) is 6.08 Å². The monoisotopic (exact) mass is 305 g/mol. The maximum Gasteiger partial charge on any atom is 0.173 e. The summed E-state index contributed by atoms with van der Waals surface area (Å²) in [5.41, 5.74) is 2.11. The molecule has 1 aliphatic heterocycles. The molecule has 0 fully saturated rings. The number of nitrogens with one attached hydrogen (secondary N) is 1. The van der Waals surface area contributed by atoms with Crippen LogP contribution in [0.1, 0.15) is 19.2 Å². The van der Waals surface area contributed by atoms with Gasteiger partial charge in [0.05, 0.1) is 23.3 Å². The Labute approximate surface area is 124 Å². The number of hydrogen-bond donors (Lipinski definition) is 1. The number of benzene rings is 1. The van der Waals surface area contributed by atoms with Crippen molar-refractivity contribution in [1.29, 1.82) is 0 Å². The maximum atomic E-state index is 11.4. The fourth-order valence-electron chi connectivity index (χ4n) is 2.66. The van der Waals surface area contributed by atoms with Crippen LogP contribution in [0.4, 0.5) is 0 Å². The number of aromatic nitrogens is 2. The molecule has 0 bridgehead atoms. The van der Waals surface area contributed by atoms with E-state index < -0.39 is 9.84 Å². The molecule has 6 heteroatoms. The van der Waals surface area contributed by atoms with Gasteiger partial charge >= 0.3 is 0 Å². The van der Waals surface area contributed by atoms with Crippen molar-refractivity contribution >= 4 is 20.9 Å². The molecule has 2 aromatic rings. The fraction of sp³-hybridized carbons (Fsp3) is 0.400. The average Bonchev–Trinajstić information content (AvgIpc) is 2.98. The summed E-state index contributed by atoms with van der Waals surface area (Å²) in [6, 6.07) is 7.95. The van der Waals surface area contributed by atoms with Crippen LogP contribution in [-0.2, 0) is 22.9 Å². The highest BCUT2D eigenvalue weighted by Gasteiger charge is 2.21. The van der Waals surface area contributed by atoms with Crippen LogP contribution in [0.3, 0.4) is 0 Å². The second-order valence-electron chi connectivity index (χ2n) is 5.31. The van der Waals surface area contributed by atoms with Crippen LogP contribution >= 0.6 is 0 Å². The van der Waals surface area contributed by atoms with Crippen molar-refractivity contribution < 1.29 is 8.42 Å². The van der Waals surface area contributed by atoms with E-state index in [4.69, 9.17) is 0 Å². The topological polar surface area (TPSA) is 64.0 Å². The Kier molecular flexibility index (Phi) is 3.82. The van der Waals surface area contributed by atoms with Crippen LogP contribution in [0.5, 0.6) is 0 Å². The summed E-state index contributed by atoms with van der Waals surface area (Å²) in [5, 5.41) is 4.56. The Balaban J connectivity index is 1.80. The van der Waals surface area contributed by atoms with Crippen LogP contribution in [-0.4, -0.2) is 29.8 Å². The highest BCUT2D eigenvalue weighted by Crippen LogP contribution is 2.17. The number of nitrogens with zero attached hydrogens (tertiary/aromatic N) is 2. The smallest absolute Gasteiger partial charge is 0.173 e. The molecular formula is C15H19N3O2S. The summed E-state index contributed by atoms with van der Waals surface area (Å²) in [6.45, 7) is 3.62. The van der Waals surface area contributed by atoms with Crippen molar-refractivity contribution in [2.24, 2.45) is 0 Å². The molecule has 1 aromatic heterocycles. The first-order valence-corrected chi connectivity index (χ1v) is 8.89. The Morgan fingerprint density at radius 1 is 1.38 bits per heavy atom. The fourth-order valence-corrected chi connectivity index (χ4v) is 3.93. The van der Waals surface area contributed by atoms with Gasteiger partial charge in [0.25, 0.3) is 0 Å². The normalized spacial score (nSPS) is 20.3. The molecule has 0 saturated carbocycles. The van der Waals surface area contributed by atoms with Crippen LogP contribution in [0.2, 0.25) is 0 Å². The summed E-state index contributed by atoms with van der Waals surface area (Å²) in [4.78, 5) is 4.66. The van der Waals surface area contributed by atoms with E-state index >= 15 is 0 Å². The summed E-state index contributed by atoms with van der Waals surface area (Å²) in [7, 11) is -3.02. The molecule has 5 nitrogen and oxygen atoms in total. The molecule has 2 heterocycles. The number of imidazole rings is 1. The number of rotatable bonds is 5. The van der Waals surface area contributed by atoms with E-state index in [0.717, 1.165) is 29.8 Å². The molecule has 1 unspecified atom stereocenters. The molecule has 3 rings (SSSR count). The molecule has 0 saturated heterocycles. The molecular weight excluding hydrogens is 286 g/mol. The summed E-state index contributed by atoms with van der Waals surface area (Å²) in [5.74, 6) is 1.09. The third kappa shape index (κ3) is 3.01. The van der Waals surface area contributed by atoms with E-state index in [-0.39, 0.29) is 11.8 Å². The molecule has 1 aliphatic rings. The Morgan fingerprint density at radius 2 is 2.19 bits per heavy atom. The van der Waals surface area contributed by atoms with E-state index in [0.29, 0.717) is 6.54 Å². The lowest BCUT2D eigenvalue weighted by atomic mass is 10.3. The number of aryl methyl sites for hydroxylation is 1. The van der Waals surface area contributed by atoms with Gasteiger partial charge in [-0.3, -0.25) is 0 Å². The van der Waals surface area contributed by atoms with E-state index in [2.05, 4.69) is 27.9 Å². The molecule has 112 valence electrons. The number of hydrogen-bond acceptors (Lipinski definition) is 4. The Morgan fingerprint density at radius 3 is 2.90 bits per heavy atom. The van der Waals surface area contributed by atoms with Gasteiger partial charge in [-0.2, -0.15) is 0 Å². The van der Waals surface area contributed by atoms with Crippen molar-refractivity contribution in [2.45, 2.75) is 32.5 Å². The van der Waals surface area contributed by atoms with E-state index in [9.17, 15) is 8.42 Å². The lowest BCUT2D eigenvalue weighted by molar-refractivity contribution is 0.565. The zero-order chi connectivity index (χ0) is 14.9. The minimum Gasteiger partial charge on any atom is -0.327 e. The molecule has 1 aromatic carbocycles. The Bertz CT molecular complexity index is 777. The number of fused-ring (bicyclic) bond motifs is 1. The first-order valence-electron chi connectivity index (χ1n) is 7.17. The summed E-state index contributed by atoms with van der Waals surface area (Å²) < 4.78 is 25.0. The van der Waals surface area contributed by atoms with Crippen molar-refractivity contribution in [2.75, 3.05) is 5.75 Å². The zero-order valence-corrected chi connectivity index (χ0v) is 12.8. The van der Waals surface area contributed by atoms with Gasteiger partial charge in [0.1, 0.15) is 5.82 Å². The van der Waals surface area contributed by atoms with Gasteiger partial charge in [0.15, 0.2) is 9.84 Å². The molecule has 0 amide bonds. The van der Waals surface area contributed by atoms with Gasteiger partial charge < -0.3 is 9.88 Å². The van der Waals surface area contributed by atoms with Gasteiger partial charge in [0.2, 0.25) is 0 Å². The predicted octanol–water partition coefficient (Wildman–Crippen LogP) is 1.85. The minimum atomic E-state index is -3.02. The summed E-state index contributed by atoms with van der Waals surface area (Å²) in [6.07, 6.45) is 2.74. The van der Waals surface area contributed by atoms with Crippen molar-refractivity contribution in [1.82, 2.24) is 14.9 Å². The van der Waals surface area contributed by atoms with E-state index in [1.807, 2.05) is 18.2 Å². The molecule has 0 aliphatic carbocycles. The lowest BCUT2D eigenvalue weighted by Gasteiger charge is -2.11. The minimum absolute atomic E-state index is 0.120. The van der Waals surface area contributed by atoms with Crippen LogP contribution in [0, 0.1) is 0 Å². The van der Waals surface area contributed by atoms with Crippen LogP contribution in [0.15, 0.2) is 35.7 Å². The average molecular weight is 305 g/mol. The molecule has 0 spiro atoms. The van der Waals surface area contributed by atoms with Gasteiger partial charge in [-0.05, 0) is 18.6 Å². The summed E-state index contributed by atoms with van der Waals surface area (Å²) >= 11 is 0. The van der Waals surface area contributed by atoms with Gasteiger partial charge in [-0.25, -0.2) is 13.4 Å². The first-order chi connectivity index (χ1) is 10.1. The van der Waals surface area contributed by atoms with Crippen LogP contribution in [0.25, 0.3) is 11.0 Å². The highest BCUT2D eigenvalue weighted by atomic mass is 32.2. The van der Waals surface area contributed by atoms with Gasteiger partial charge in [-0.1, -0.05) is 25.1 Å². The van der Waals surface area contributed by atoms with Crippen molar-refractivity contribution in [3.05, 3.63) is 41.6 Å². The standard InChI is InChI=1S/C15H19N3O2S/c1-2-8-18-14-6-4-3-5-13(14)17-15(18)10-16-12-7-9-21(19,20)11-12/h3-7,9,12,16H,2,8,10-11H2,1H3. The molecule has 21 heavy (non-hydrogen) atoms. The Hall–Kier alpha value is -1.66. The highest BCUT2D eigenvalue weighted by molar-refractivity contribution is 7.94. The van der Waals surface area contributed by atoms with Gasteiger partial charge in [0, 0.05) is 18.0 Å². The number of para-hydroxylation sites is 2. The first kappa shape index (κ1) is 14.3. The second kappa shape index (κ2) is 5.61. The second-order valence-corrected chi connectivity index (χ2v) is 7.25. The van der Waals surface area contributed by atoms with Crippen molar-refractivity contribution in [3.63, 3.8) is 0 Å². The van der Waals surface area contributed by atoms with Crippen molar-refractivity contribution in [3.8, 4) is 0 Å². The van der Waals surface area contributed by atoms with E-state index in [1.165, 1.54) is 5.41 Å². The predicted molar refractivity (Wildman–Crippen MR) is 83.6 cm³/mol. The molecule has 1 atom stereocenters. The third-order valence-electron chi connectivity index (χ3n) is 3.63. The number of sulfone groups is 1. The molecule has 1 N–H and O–H groups in total. The van der Waals surface area contributed by atoms with Crippen LogP contribution < -0.4 is 5.32 Å². The van der Waals surface area contributed by atoms with Gasteiger partial charge in [-0.15, -0.1) is 0 Å². The largest absolute Gasteiger partial charge is 0.327 e. The quantitative estimate of drug-likeness (QED) is 0.915. The SMILES string of the molecule is CCCn1c(CNC2C=CS(=O)(=O)C2)nc2ccccc21. The zero-order valence-electron chi connectivity index (χ0n) is 12.0. The third-order valence-corrected chi connectivity index (χ3v) is 5.03. The lowest BCUT2D eigenvalue weighted by Crippen LogP contribution is -2.30. The maximum absolute atomic E-state index is 11.4. The molecule has 0 radical (unpaired) electrons.